The molecular weight excluding hydrogens is 352 g/mol. The van der Waals surface area contributed by atoms with Crippen LogP contribution in [0.2, 0.25) is 5.02 Å². The minimum Gasteiger partial charge on any atom is -0.471 e. The van der Waals surface area contributed by atoms with Crippen LogP contribution in [-0.2, 0) is 19.4 Å². The SMILES string of the molecule is O=c1oc2c3c(c(Cl)cc2c2c1CCCC2)OCN(c1ccccn1)C3. The highest BCUT2D eigenvalue weighted by Gasteiger charge is 2.27. The lowest BCUT2D eigenvalue weighted by molar-refractivity contribution is 0.288. The van der Waals surface area contributed by atoms with E-state index in [1.54, 1.807) is 6.20 Å². The normalized spacial score (nSPS) is 16.1. The number of fused-ring (bicyclic) bond motifs is 5. The third-order valence-electron chi connectivity index (χ3n) is 5.20. The van der Waals surface area contributed by atoms with Gasteiger partial charge in [-0.05, 0) is 49.4 Å². The van der Waals surface area contributed by atoms with Gasteiger partial charge in [0.05, 0.1) is 17.1 Å². The number of anilines is 1. The van der Waals surface area contributed by atoms with Gasteiger partial charge in [0.1, 0.15) is 17.2 Å². The molecule has 0 amide bonds. The van der Waals surface area contributed by atoms with Crippen molar-refractivity contribution in [3.8, 4) is 5.75 Å². The lowest BCUT2D eigenvalue weighted by atomic mass is 9.90. The molecule has 132 valence electrons. The number of aromatic nitrogens is 1. The van der Waals surface area contributed by atoms with Crippen molar-refractivity contribution in [2.75, 3.05) is 11.6 Å². The first-order chi connectivity index (χ1) is 12.7. The van der Waals surface area contributed by atoms with Crippen LogP contribution in [0.15, 0.2) is 39.7 Å². The molecule has 1 aliphatic carbocycles. The van der Waals surface area contributed by atoms with Crippen molar-refractivity contribution in [3.05, 3.63) is 62.6 Å². The molecule has 0 fully saturated rings. The first-order valence-electron chi connectivity index (χ1n) is 8.81. The van der Waals surface area contributed by atoms with Gasteiger partial charge in [-0.2, -0.15) is 0 Å². The van der Waals surface area contributed by atoms with Crippen molar-refractivity contribution in [2.45, 2.75) is 32.2 Å². The summed E-state index contributed by atoms with van der Waals surface area (Å²) in [4.78, 5) is 18.9. The number of pyridine rings is 1. The average molecular weight is 369 g/mol. The van der Waals surface area contributed by atoms with Gasteiger partial charge in [-0.1, -0.05) is 17.7 Å². The monoisotopic (exact) mass is 368 g/mol. The predicted octanol–water partition coefficient (Wildman–Crippen LogP) is 4.08. The number of rotatable bonds is 1. The van der Waals surface area contributed by atoms with Crippen LogP contribution in [0.1, 0.15) is 29.5 Å². The van der Waals surface area contributed by atoms with Gasteiger partial charge >= 0.3 is 5.63 Å². The van der Waals surface area contributed by atoms with E-state index in [0.29, 0.717) is 29.6 Å². The Balaban J connectivity index is 1.71. The number of halogens is 1. The number of hydrogen-bond donors (Lipinski definition) is 0. The summed E-state index contributed by atoms with van der Waals surface area (Å²) < 4.78 is 11.7. The zero-order valence-corrected chi connectivity index (χ0v) is 14.9. The van der Waals surface area contributed by atoms with E-state index in [1.165, 1.54) is 0 Å². The molecule has 1 aromatic carbocycles. The van der Waals surface area contributed by atoms with Gasteiger partial charge < -0.3 is 14.1 Å². The smallest absolute Gasteiger partial charge is 0.339 e. The van der Waals surface area contributed by atoms with E-state index >= 15 is 0 Å². The first kappa shape index (κ1) is 15.7. The van der Waals surface area contributed by atoms with Crippen LogP contribution < -0.4 is 15.3 Å². The highest BCUT2D eigenvalue weighted by atomic mass is 35.5. The molecule has 6 heteroatoms. The predicted molar refractivity (Wildman–Crippen MR) is 100 cm³/mol. The van der Waals surface area contributed by atoms with Crippen LogP contribution in [0.3, 0.4) is 0 Å². The topological polar surface area (TPSA) is 55.6 Å². The second kappa shape index (κ2) is 6.02. The molecule has 2 aliphatic rings. The van der Waals surface area contributed by atoms with Crippen molar-refractivity contribution in [1.82, 2.24) is 4.98 Å². The van der Waals surface area contributed by atoms with E-state index in [9.17, 15) is 4.79 Å². The molecule has 0 unspecified atom stereocenters. The van der Waals surface area contributed by atoms with Gasteiger partial charge in [0.15, 0.2) is 6.73 Å². The fourth-order valence-corrected chi connectivity index (χ4v) is 4.23. The summed E-state index contributed by atoms with van der Waals surface area (Å²) >= 11 is 6.52. The number of nitrogens with zero attached hydrogens (tertiary/aromatic N) is 2. The lowest BCUT2D eigenvalue weighted by Crippen LogP contribution is -2.33. The standard InChI is InChI=1S/C20H17ClN2O3/c21-16-9-14-12-5-1-2-6-13(12)20(24)26-18(14)15-10-23(11-25-19(15)16)17-7-3-4-8-22-17/h3-4,7-9H,1-2,5-6,10-11H2. The van der Waals surface area contributed by atoms with E-state index in [0.717, 1.165) is 53.6 Å². The van der Waals surface area contributed by atoms with Crippen molar-refractivity contribution < 1.29 is 9.15 Å². The number of ether oxygens (including phenoxy) is 1. The van der Waals surface area contributed by atoms with Crippen LogP contribution in [0.5, 0.6) is 5.75 Å². The summed E-state index contributed by atoms with van der Waals surface area (Å²) in [5, 5.41) is 1.50. The van der Waals surface area contributed by atoms with Gasteiger partial charge in [0.2, 0.25) is 0 Å². The molecular formula is C20H17ClN2O3. The van der Waals surface area contributed by atoms with Crippen LogP contribution in [0.4, 0.5) is 5.82 Å². The minimum atomic E-state index is -0.230. The molecule has 0 saturated heterocycles. The summed E-state index contributed by atoms with van der Waals surface area (Å²) in [6.45, 7) is 0.884. The molecule has 26 heavy (non-hydrogen) atoms. The third-order valence-corrected chi connectivity index (χ3v) is 5.48. The molecule has 0 saturated carbocycles. The fraction of sp³-hybridized carbons (Fsp3) is 0.300. The Bertz CT molecular complexity index is 1060. The molecule has 5 nitrogen and oxygen atoms in total. The Morgan fingerprint density at radius 2 is 1.96 bits per heavy atom. The Labute approximate surface area is 155 Å². The highest BCUT2D eigenvalue weighted by Crippen LogP contribution is 2.41. The second-order valence-electron chi connectivity index (χ2n) is 6.76. The van der Waals surface area contributed by atoms with Crippen LogP contribution >= 0.6 is 11.6 Å². The van der Waals surface area contributed by atoms with E-state index in [2.05, 4.69) is 4.98 Å². The quantitative estimate of drug-likeness (QED) is 0.606. The average Bonchev–Trinajstić information content (AvgIpc) is 2.70. The highest BCUT2D eigenvalue weighted by molar-refractivity contribution is 6.33. The number of benzene rings is 1. The first-order valence-corrected chi connectivity index (χ1v) is 9.19. The van der Waals surface area contributed by atoms with Crippen molar-refractivity contribution >= 4 is 28.4 Å². The molecule has 0 atom stereocenters. The molecule has 0 spiro atoms. The van der Waals surface area contributed by atoms with E-state index in [-0.39, 0.29) is 5.63 Å². The van der Waals surface area contributed by atoms with Gasteiger partial charge in [-0.25, -0.2) is 9.78 Å². The largest absolute Gasteiger partial charge is 0.471 e. The van der Waals surface area contributed by atoms with Crippen molar-refractivity contribution in [2.24, 2.45) is 0 Å². The van der Waals surface area contributed by atoms with E-state index in [4.69, 9.17) is 20.8 Å². The molecule has 1 aliphatic heterocycles. The summed E-state index contributed by atoms with van der Waals surface area (Å²) in [5.41, 5.74) is 3.07. The van der Waals surface area contributed by atoms with E-state index in [1.807, 2.05) is 29.2 Å². The summed E-state index contributed by atoms with van der Waals surface area (Å²) in [5.74, 6) is 1.41. The van der Waals surface area contributed by atoms with Crippen LogP contribution in [0, 0.1) is 0 Å². The summed E-state index contributed by atoms with van der Waals surface area (Å²) in [7, 11) is 0. The Kier molecular flexibility index (Phi) is 3.64. The molecule has 3 heterocycles. The summed E-state index contributed by atoms with van der Waals surface area (Å²) in [6.07, 6.45) is 5.52. The van der Waals surface area contributed by atoms with Gasteiger partial charge in [-0.3, -0.25) is 0 Å². The molecule has 2 aromatic heterocycles. The molecule has 5 rings (SSSR count). The summed E-state index contributed by atoms with van der Waals surface area (Å²) in [6, 6.07) is 7.63. The third kappa shape index (κ3) is 2.38. The Morgan fingerprint density at radius 1 is 1.12 bits per heavy atom. The maximum atomic E-state index is 12.5. The molecule has 3 aromatic rings. The van der Waals surface area contributed by atoms with Gasteiger partial charge in [-0.15, -0.1) is 0 Å². The zero-order chi connectivity index (χ0) is 17.7. The Morgan fingerprint density at radius 3 is 2.77 bits per heavy atom. The second-order valence-corrected chi connectivity index (χ2v) is 7.16. The van der Waals surface area contributed by atoms with Crippen LogP contribution in [0.25, 0.3) is 11.0 Å². The van der Waals surface area contributed by atoms with Gasteiger partial charge in [0.25, 0.3) is 0 Å². The molecule has 0 radical (unpaired) electrons. The lowest BCUT2D eigenvalue weighted by Gasteiger charge is -2.31. The number of hydrogen-bond acceptors (Lipinski definition) is 5. The zero-order valence-electron chi connectivity index (χ0n) is 14.1. The number of aryl methyl sites for hydroxylation is 1. The van der Waals surface area contributed by atoms with Crippen molar-refractivity contribution in [3.63, 3.8) is 0 Å². The van der Waals surface area contributed by atoms with Crippen molar-refractivity contribution in [1.29, 1.82) is 0 Å². The van der Waals surface area contributed by atoms with E-state index < -0.39 is 0 Å². The maximum Gasteiger partial charge on any atom is 0.339 e. The van der Waals surface area contributed by atoms with Crippen LogP contribution in [-0.4, -0.2) is 11.7 Å². The fourth-order valence-electron chi connectivity index (χ4n) is 3.96. The minimum absolute atomic E-state index is 0.230. The maximum absolute atomic E-state index is 12.5. The Hall–Kier alpha value is -2.53. The van der Waals surface area contributed by atoms with Gasteiger partial charge in [0, 0.05) is 17.1 Å². The molecule has 0 N–H and O–H groups in total. The molecule has 0 bridgehead atoms.